The predicted octanol–water partition coefficient (Wildman–Crippen LogP) is 4.01. The lowest BCUT2D eigenvalue weighted by molar-refractivity contribution is -0.147. The monoisotopic (exact) mass is 431 g/mol. The molecule has 5 nitrogen and oxygen atoms in total. The molecule has 1 unspecified atom stereocenters. The summed E-state index contributed by atoms with van der Waals surface area (Å²) in [5.74, 6) is 0.958. The van der Waals surface area contributed by atoms with Gasteiger partial charge in [-0.2, -0.15) is 0 Å². The van der Waals surface area contributed by atoms with Crippen LogP contribution in [-0.4, -0.2) is 59.5 Å². The van der Waals surface area contributed by atoms with Crippen molar-refractivity contribution in [2.75, 3.05) is 14.1 Å². The maximum Gasteiger partial charge on any atom is 0.250 e. The first-order valence-corrected chi connectivity index (χ1v) is 11.9. The number of carbonyl (C=O) groups is 1. The van der Waals surface area contributed by atoms with Crippen LogP contribution in [0.25, 0.3) is 0 Å². The molecule has 0 saturated heterocycles. The smallest absolute Gasteiger partial charge is 0.250 e. The van der Waals surface area contributed by atoms with Crippen molar-refractivity contribution < 1.29 is 19.7 Å². The number of aliphatic hydroxyl groups excluding tert-OH is 2. The van der Waals surface area contributed by atoms with Crippen LogP contribution in [0.1, 0.15) is 65.7 Å². The van der Waals surface area contributed by atoms with E-state index < -0.39 is 18.3 Å². The molecule has 3 saturated carbocycles. The largest absolute Gasteiger partial charge is 0.393 e. The molecule has 0 aromatic rings. The molecule has 3 rings (SSSR count). The molecule has 3 fully saturated rings. The van der Waals surface area contributed by atoms with Crippen LogP contribution in [0.5, 0.6) is 0 Å². The van der Waals surface area contributed by atoms with Gasteiger partial charge in [-0.1, -0.05) is 31.2 Å². The second-order valence-corrected chi connectivity index (χ2v) is 10.4. The predicted molar refractivity (Wildman–Crippen MR) is 123 cm³/mol. The van der Waals surface area contributed by atoms with Gasteiger partial charge in [-0.25, -0.2) is 0 Å². The minimum Gasteiger partial charge on any atom is -0.393 e. The lowest BCUT2D eigenvalue weighted by Crippen LogP contribution is -2.42. The molecule has 174 valence electrons. The lowest BCUT2D eigenvalue weighted by atomic mass is 9.62. The zero-order chi connectivity index (χ0) is 22.9. The molecule has 7 atom stereocenters. The SMILES string of the molecule is C=C1/C(=C\C=C2/CCC[C@]3(C)[C@@H](C(C)O[C@H](C)C(=O)N(C)C)CC[C@@H]23)C[C@@H](O)C[C@@H]1O. The molecule has 0 heterocycles. The van der Waals surface area contributed by atoms with E-state index in [2.05, 4.69) is 32.6 Å². The zero-order valence-electron chi connectivity index (χ0n) is 19.9. The van der Waals surface area contributed by atoms with Crippen LogP contribution >= 0.6 is 0 Å². The van der Waals surface area contributed by atoms with E-state index in [1.165, 1.54) is 12.0 Å². The second-order valence-electron chi connectivity index (χ2n) is 10.4. The van der Waals surface area contributed by atoms with Gasteiger partial charge in [0, 0.05) is 20.5 Å². The van der Waals surface area contributed by atoms with Gasteiger partial charge in [-0.05, 0) is 80.8 Å². The third-order valence-electron chi connectivity index (χ3n) is 8.08. The van der Waals surface area contributed by atoms with Gasteiger partial charge in [0.25, 0.3) is 5.91 Å². The Balaban J connectivity index is 1.75. The van der Waals surface area contributed by atoms with E-state index in [9.17, 15) is 15.0 Å². The molecule has 0 radical (unpaired) electrons. The third kappa shape index (κ3) is 4.99. The molecular formula is C26H41NO4. The molecule has 0 aromatic carbocycles. The molecule has 0 aliphatic heterocycles. The van der Waals surface area contributed by atoms with E-state index >= 15 is 0 Å². The molecule has 1 amide bonds. The number of likely N-dealkylation sites (N-methyl/N-ethyl adjacent to an activating group) is 1. The maximum absolute atomic E-state index is 12.3. The number of ether oxygens (including phenoxy) is 1. The van der Waals surface area contributed by atoms with Crippen molar-refractivity contribution >= 4 is 5.91 Å². The van der Waals surface area contributed by atoms with E-state index in [1.807, 2.05) is 6.92 Å². The van der Waals surface area contributed by atoms with Crippen molar-refractivity contribution in [3.63, 3.8) is 0 Å². The maximum atomic E-state index is 12.3. The fraction of sp³-hybridized carbons (Fsp3) is 0.731. The third-order valence-corrected chi connectivity index (χ3v) is 8.08. The first kappa shape index (κ1) is 24.2. The summed E-state index contributed by atoms with van der Waals surface area (Å²) in [6.07, 6.45) is 9.42. The van der Waals surface area contributed by atoms with Crippen molar-refractivity contribution in [2.45, 2.75) is 90.1 Å². The standard InChI is InChI=1S/C26H41NO4/c1-16-20(14-21(28)15-24(16)29)10-9-19-8-7-13-26(4)22(11-12-23(19)26)17(2)31-18(3)25(30)27(5)6/h9-10,17-18,21-24,28-29H,1,7-8,11-15H2,2-6H3/b19-9+,20-10-/t17?,18-,21-,22-,23+,24+,26-/m1/s1. The molecule has 3 aliphatic carbocycles. The quantitative estimate of drug-likeness (QED) is 0.690. The minimum atomic E-state index is -0.647. The minimum absolute atomic E-state index is 0.0134. The van der Waals surface area contributed by atoms with Gasteiger partial charge in [0.05, 0.1) is 18.3 Å². The number of hydrogen-bond acceptors (Lipinski definition) is 4. The zero-order valence-corrected chi connectivity index (χ0v) is 19.9. The summed E-state index contributed by atoms with van der Waals surface area (Å²) in [7, 11) is 3.54. The Kier molecular flexibility index (Phi) is 7.50. The first-order chi connectivity index (χ1) is 14.5. The highest BCUT2D eigenvalue weighted by Gasteiger charge is 2.51. The number of rotatable bonds is 5. The Hall–Kier alpha value is -1.43. The summed E-state index contributed by atoms with van der Waals surface area (Å²) in [6, 6.07) is 0. The van der Waals surface area contributed by atoms with Gasteiger partial charge >= 0.3 is 0 Å². The van der Waals surface area contributed by atoms with E-state index in [0.717, 1.165) is 36.8 Å². The van der Waals surface area contributed by atoms with Gasteiger partial charge in [0.15, 0.2) is 0 Å². The van der Waals surface area contributed by atoms with Crippen molar-refractivity contribution in [3.05, 3.63) is 35.5 Å². The molecular weight excluding hydrogens is 390 g/mol. The number of nitrogens with zero attached hydrogens (tertiary/aromatic N) is 1. The van der Waals surface area contributed by atoms with Gasteiger partial charge in [-0.15, -0.1) is 0 Å². The van der Waals surface area contributed by atoms with Crippen LogP contribution in [0.15, 0.2) is 35.5 Å². The number of hydrogen-bond donors (Lipinski definition) is 2. The Morgan fingerprint density at radius 2 is 1.97 bits per heavy atom. The fourth-order valence-electron chi connectivity index (χ4n) is 6.35. The summed E-state index contributed by atoms with van der Waals surface area (Å²) in [5, 5.41) is 20.2. The van der Waals surface area contributed by atoms with E-state index in [1.54, 1.807) is 19.0 Å². The van der Waals surface area contributed by atoms with Gasteiger partial charge < -0.3 is 19.8 Å². The Morgan fingerprint density at radius 3 is 2.65 bits per heavy atom. The Bertz CT molecular complexity index is 755. The molecule has 2 N–H and O–H groups in total. The molecule has 0 spiro atoms. The Morgan fingerprint density at radius 1 is 1.26 bits per heavy atom. The van der Waals surface area contributed by atoms with Crippen molar-refractivity contribution in [2.24, 2.45) is 17.3 Å². The molecule has 3 aliphatic rings. The number of amides is 1. The number of aliphatic hydroxyl groups is 2. The summed E-state index contributed by atoms with van der Waals surface area (Å²) < 4.78 is 6.21. The van der Waals surface area contributed by atoms with Crippen molar-refractivity contribution in [1.29, 1.82) is 0 Å². The topological polar surface area (TPSA) is 70.0 Å². The van der Waals surface area contributed by atoms with E-state index in [0.29, 0.717) is 24.7 Å². The molecule has 31 heavy (non-hydrogen) atoms. The summed E-state index contributed by atoms with van der Waals surface area (Å²) >= 11 is 0. The van der Waals surface area contributed by atoms with Crippen LogP contribution in [-0.2, 0) is 9.53 Å². The number of fused-ring (bicyclic) bond motifs is 1. The van der Waals surface area contributed by atoms with Crippen molar-refractivity contribution in [1.82, 2.24) is 4.90 Å². The normalized spacial score (nSPS) is 38.2. The molecule has 5 heteroatoms. The number of allylic oxidation sites excluding steroid dienone is 3. The number of carbonyl (C=O) groups excluding carboxylic acids is 1. The van der Waals surface area contributed by atoms with E-state index in [-0.39, 0.29) is 17.4 Å². The van der Waals surface area contributed by atoms with Crippen LogP contribution < -0.4 is 0 Å². The van der Waals surface area contributed by atoms with Gasteiger partial charge in [-0.3, -0.25) is 4.79 Å². The highest BCUT2D eigenvalue weighted by molar-refractivity contribution is 5.79. The van der Waals surface area contributed by atoms with E-state index in [4.69, 9.17) is 4.74 Å². The summed E-state index contributed by atoms with van der Waals surface area (Å²) in [5.41, 5.74) is 3.35. The highest BCUT2D eigenvalue weighted by atomic mass is 16.5. The van der Waals surface area contributed by atoms with Crippen molar-refractivity contribution in [3.8, 4) is 0 Å². The highest BCUT2D eigenvalue weighted by Crippen LogP contribution is 2.58. The van der Waals surface area contributed by atoms with Crippen LogP contribution in [0, 0.1) is 17.3 Å². The summed E-state index contributed by atoms with van der Waals surface area (Å²) in [6.45, 7) is 10.4. The van der Waals surface area contributed by atoms with Gasteiger partial charge in [0.1, 0.15) is 6.10 Å². The second kappa shape index (κ2) is 9.60. The fourth-order valence-corrected chi connectivity index (χ4v) is 6.35. The Labute approximate surface area is 187 Å². The van der Waals surface area contributed by atoms with Crippen LogP contribution in [0.4, 0.5) is 0 Å². The molecule has 0 bridgehead atoms. The van der Waals surface area contributed by atoms with Gasteiger partial charge in [0.2, 0.25) is 0 Å². The lowest BCUT2D eigenvalue weighted by Gasteiger charge is -2.44. The average Bonchev–Trinajstić information content (AvgIpc) is 3.06. The summed E-state index contributed by atoms with van der Waals surface area (Å²) in [4.78, 5) is 13.9. The first-order valence-electron chi connectivity index (χ1n) is 11.9. The molecule has 0 aromatic heterocycles. The average molecular weight is 432 g/mol. The van der Waals surface area contributed by atoms with Crippen LogP contribution in [0.3, 0.4) is 0 Å². The van der Waals surface area contributed by atoms with Crippen LogP contribution in [0.2, 0.25) is 0 Å².